The number of alkyl halides is 2. The summed E-state index contributed by atoms with van der Waals surface area (Å²) in [4.78, 5) is 19.3. The Bertz CT molecular complexity index is 1080. The van der Waals surface area contributed by atoms with Gasteiger partial charge in [0.25, 0.3) is 12.0 Å². The molecular weight excluding hydrogens is 386 g/mol. The van der Waals surface area contributed by atoms with Crippen LogP contribution < -0.4 is 5.56 Å². The SMILES string of the molecule is O=c1c2ccccc2nc(C2CCCN2Cc2cc(F)cc(F)c2)n1CC(F)F. The van der Waals surface area contributed by atoms with Gasteiger partial charge in [-0.05, 0) is 49.2 Å². The lowest BCUT2D eigenvalue weighted by Crippen LogP contribution is -2.33. The van der Waals surface area contributed by atoms with Gasteiger partial charge in [0.1, 0.15) is 17.5 Å². The average molecular weight is 405 g/mol. The second-order valence-corrected chi connectivity index (χ2v) is 7.20. The fraction of sp³-hybridized carbons (Fsp3) is 0.333. The van der Waals surface area contributed by atoms with E-state index in [2.05, 4.69) is 4.98 Å². The van der Waals surface area contributed by atoms with Crippen LogP contribution in [0.25, 0.3) is 10.9 Å². The van der Waals surface area contributed by atoms with Gasteiger partial charge >= 0.3 is 0 Å². The number of benzene rings is 2. The Hall–Kier alpha value is -2.74. The van der Waals surface area contributed by atoms with Crippen LogP contribution >= 0.6 is 0 Å². The molecule has 0 saturated carbocycles. The van der Waals surface area contributed by atoms with Crippen molar-refractivity contribution in [3.05, 3.63) is 75.8 Å². The smallest absolute Gasteiger partial charge is 0.261 e. The van der Waals surface area contributed by atoms with Crippen molar-refractivity contribution in [3.8, 4) is 0 Å². The lowest BCUT2D eigenvalue weighted by Gasteiger charge is -2.26. The molecule has 0 bridgehead atoms. The first-order chi connectivity index (χ1) is 13.9. The fourth-order valence-electron chi connectivity index (χ4n) is 4.00. The predicted molar refractivity (Wildman–Crippen MR) is 101 cm³/mol. The molecule has 0 N–H and O–H groups in total. The first-order valence-electron chi connectivity index (χ1n) is 9.39. The molecule has 2 heterocycles. The zero-order valence-electron chi connectivity index (χ0n) is 15.5. The average Bonchev–Trinajstić information content (AvgIpc) is 3.10. The zero-order chi connectivity index (χ0) is 20.5. The number of halogens is 4. The zero-order valence-corrected chi connectivity index (χ0v) is 15.5. The molecule has 0 radical (unpaired) electrons. The van der Waals surface area contributed by atoms with Gasteiger partial charge in [0.15, 0.2) is 0 Å². The van der Waals surface area contributed by atoms with E-state index in [0.29, 0.717) is 24.0 Å². The summed E-state index contributed by atoms with van der Waals surface area (Å²) in [6, 6.07) is 9.55. The highest BCUT2D eigenvalue weighted by Crippen LogP contribution is 2.33. The van der Waals surface area contributed by atoms with Crippen molar-refractivity contribution < 1.29 is 17.6 Å². The highest BCUT2D eigenvalue weighted by Gasteiger charge is 2.31. The summed E-state index contributed by atoms with van der Waals surface area (Å²) >= 11 is 0. The Balaban J connectivity index is 1.76. The van der Waals surface area contributed by atoms with Crippen molar-refractivity contribution >= 4 is 10.9 Å². The molecule has 0 aliphatic carbocycles. The van der Waals surface area contributed by atoms with Crippen molar-refractivity contribution in [1.82, 2.24) is 14.5 Å². The molecule has 1 fully saturated rings. The molecule has 29 heavy (non-hydrogen) atoms. The molecule has 3 aromatic rings. The topological polar surface area (TPSA) is 38.1 Å². The summed E-state index contributed by atoms with van der Waals surface area (Å²) in [7, 11) is 0. The quantitative estimate of drug-likeness (QED) is 0.595. The van der Waals surface area contributed by atoms with Crippen LogP contribution in [0.3, 0.4) is 0 Å². The molecule has 1 aliphatic rings. The lowest BCUT2D eigenvalue weighted by atomic mass is 10.1. The lowest BCUT2D eigenvalue weighted by molar-refractivity contribution is 0.120. The molecule has 0 spiro atoms. The van der Waals surface area contributed by atoms with Crippen LogP contribution in [-0.4, -0.2) is 27.4 Å². The Kier molecular flexibility index (Phi) is 5.36. The number of hydrogen-bond acceptors (Lipinski definition) is 3. The number of nitrogens with zero attached hydrogens (tertiary/aromatic N) is 3. The second kappa shape index (κ2) is 7.94. The number of fused-ring (bicyclic) bond motifs is 1. The summed E-state index contributed by atoms with van der Waals surface area (Å²) in [5.41, 5.74) is 0.383. The maximum absolute atomic E-state index is 13.6. The number of rotatable bonds is 5. The van der Waals surface area contributed by atoms with Crippen LogP contribution in [0, 0.1) is 11.6 Å². The van der Waals surface area contributed by atoms with Crippen molar-refractivity contribution in [2.45, 2.75) is 38.4 Å². The summed E-state index contributed by atoms with van der Waals surface area (Å²) in [6.07, 6.45) is -1.33. The van der Waals surface area contributed by atoms with E-state index in [0.717, 1.165) is 17.1 Å². The standard InChI is InChI=1S/C21H19F4N3O/c22-14-8-13(9-15(23)10-14)11-27-7-3-6-18(27)20-26-17-5-2-1-4-16(17)21(29)28(20)12-19(24)25/h1-2,4-5,8-10,18-19H,3,6-7,11-12H2. The van der Waals surface area contributed by atoms with Gasteiger partial charge in [0.05, 0.1) is 23.5 Å². The third-order valence-electron chi connectivity index (χ3n) is 5.18. The van der Waals surface area contributed by atoms with E-state index in [-0.39, 0.29) is 17.8 Å². The molecule has 1 unspecified atom stereocenters. The molecule has 0 amide bonds. The van der Waals surface area contributed by atoms with Gasteiger partial charge in [-0.1, -0.05) is 12.1 Å². The Labute approximate surface area is 164 Å². The van der Waals surface area contributed by atoms with E-state index in [1.54, 1.807) is 24.3 Å². The summed E-state index contributed by atoms with van der Waals surface area (Å²) in [6.45, 7) is 0.0990. The van der Waals surface area contributed by atoms with E-state index in [1.807, 2.05) is 4.90 Å². The molecule has 1 aliphatic heterocycles. The molecule has 4 rings (SSSR count). The van der Waals surface area contributed by atoms with Gasteiger partial charge in [-0.3, -0.25) is 14.3 Å². The van der Waals surface area contributed by atoms with Crippen LogP contribution in [0.5, 0.6) is 0 Å². The van der Waals surface area contributed by atoms with Crippen LogP contribution in [-0.2, 0) is 13.1 Å². The number of likely N-dealkylation sites (tertiary alicyclic amines) is 1. The molecule has 152 valence electrons. The van der Waals surface area contributed by atoms with Crippen molar-refractivity contribution in [2.24, 2.45) is 0 Å². The van der Waals surface area contributed by atoms with Gasteiger partial charge in [-0.15, -0.1) is 0 Å². The third kappa shape index (κ3) is 4.03. The van der Waals surface area contributed by atoms with E-state index < -0.39 is 36.2 Å². The van der Waals surface area contributed by atoms with Crippen molar-refractivity contribution in [2.75, 3.05) is 6.54 Å². The summed E-state index contributed by atoms with van der Waals surface area (Å²) < 4.78 is 54.6. The van der Waals surface area contributed by atoms with Gasteiger partial charge in [-0.2, -0.15) is 0 Å². The Morgan fingerprint density at radius 1 is 1.10 bits per heavy atom. The van der Waals surface area contributed by atoms with Crippen LogP contribution in [0.1, 0.15) is 30.3 Å². The van der Waals surface area contributed by atoms with Crippen molar-refractivity contribution in [3.63, 3.8) is 0 Å². The minimum atomic E-state index is -2.71. The number of hydrogen-bond donors (Lipinski definition) is 0. The number of para-hydroxylation sites is 1. The third-order valence-corrected chi connectivity index (χ3v) is 5.18. The molecule has 1 saturated heterocycles. The highest BCUT2D eigenvalue weighted by atomic mass is 19.3. The van der Waals surface area contributed by atoms with E-state index in [1.165, 1.54) is 12.1 Å². The first kappa shape index (κ1) is 19.6. The predicted octanol–water partition coefficient (Wildman–Crippen LogP) is 4.28. The van der Waals surface area contributed by atoms with Crippen molar-refractivity contribution in [1.29, 1.82) is 0 Å². The van der Waals surface area contributed by atoms with E-state index in [9.17, 15) is 22.4 Å². The Morgan fingerprint density at radius 2 is 1.83 bits per heavy atom. The summed E-state index contributed by atoms with van der Waals surface area (Å²) in [5.74, 6) is -1.08. The van der Waals surface area contributed by atoms with E-state index >= 15 is 0 Å². The van der Waals surface area contributed by atoms with Gasteiger partial charge in [0.2, 0.25) is 0 Å². The molecule has 1 aromatic heterocycles. The largest absolute Gasteiger partial charge is 0.289 e. The Morgan fingerprint density at radius 3 is 2.55 bits per heavy atom. The van der Waals surface area contributed by atoms with Crippen LogP contribution in [0.4, 0.5) is 17.6 Å². The number of aromatic nitrogens is 2. The molecule has 4 nitrogen and oxygen atoms in total. The maximum Gasteiger partial charge on any atom is 0.261 e. The minimum Gasteiger partial charge on any atom is -0.289 e. The monoisotopic (exact) mass is 405 g/mol. The van der Waals surface area contributed by atoms with Gasteiger partial charge < -0.3 is 0 Å². The fourth-order valence-corrected chi connectivity index (χ4v) is 4.00. The second-order valence-electron chi connectivity index (χ2n) is 7.20. The molecule has 1 atom stereocenters. The van der Waals surface area contributed by atoms with E-state index in [4.69, 9.17) is 0 Å². The summed E-state index contributed by atoms with van der Waals surface area (Å²) in [5, 5.41) is 0.286. The van der Waals surface area contributed by atoms with Gasteiger partial charge in [0, 0.05) is 12.6 Å². The molecule has 2 aromatic carbocycles. The van der Waals surface area contributed by atoms with Crippen LogP contribution in [0.2, 0.25) is 0 Å². The highest BCUT2D eigenvalue weighted by molar-refractivity contribution is 5.77. The maximum atomic E-state index is 13.6. The molecule has 8 heteroatoms. The first-order valence-corrected chi connectivity index (χ1v) is 9.39. The minimum absolute atomic E-state index is 0.233. The van der Waals surface area contributed by atoms with Crippen LogP contribution in [0.15, 0.2) is 47.3 Å². The van der Waals surface area contributed by atoms with Gasteiger partial charge in [-0.25, -0.2) is 22.5 Å². The molecular formula is C21H19F4N3O. The normalized spacial score (nSPS) is 17.5.